The van der Waals surface area contributed by atoms with Crippen LogP contribution in [0, 0.1) is 10.1 Å². The van der Waals surface area contributed by atoms with E-state index >= 15 is 0 Å². The molecule has 0 aliphatic heterocycles. The average Bonchev–Trinajstić information content (AvgIpc) is 3.34. The topological polar surface area (TPSA) is 114 Å². The van der Waals surface area contributed by atoms with Crippen LogP contribution in [0.25, 0.3) is 11.1 Å². The minimum absolute atomic E-state index is 0.159. The van der Waals surface area contributed by atoms with E-state index in [0.717, 1.165) is 31.4 Å². The molecular formula is C58H81NO8. The van der Waals surface area contributed by atoms with Crippen LogP contribution < -0.4 is 18.9 Å². The fourth-order valence-corrected chi connectivity index (χ4v) is 8.31. The third-order valence-electron chi connectivity index (χ3n) is 12.5. The predicted molar refractivity (Wildman–Crippen MR) is 273 cm³/mol. The van der Waals surface area contributed by atoms with Gasteiger partial charge in [0.1, 0.15) is 17.2 Å². The molecule has 0 spiro atoms. The normalized spacial score (nSPS) is 11.1. The summed E-state index contributed by atoms with van der Waals surface area (Å²) in [6, 6.07) is 24.7. The molecule has 0 fully saturated rings. The lowest BCUT2D eigenvalue weighted by atomic mass is 10.0. The number of hydrogen-bond donors (Lipinski definition) is 0. The maximum atomic E-state index is 13.0. The maximum Gasteiger partial charge on any atom is 0.343 e. The number of esters is 2. The third kappa shape index (κ3) is 22.9. The molecule has 0 heterocycles. The fraction of sp³-hybridized carbons (Fsp3) is 0.552. The van der Waals surface area contributed by atoms with E-state index in [4.69, 9.17) is 18.9 Å². The molecule has 4 aromatic carbocycles. The Balaban J connectivity index is 1.10. The molecule has 0 aliphatic rings. The molecule has 0 amide bonds. The molecule has 0 N–H and O–H groups in total. The smallest absolute Gasteiger partial charge is 0.343 e. The highest BCUT2D eigenvalue weighted by Gasteiger charge is 2.21. The van der Waals surface area contributed by atoms with Crippen molar-refractivity contribution in [3.63, 3.8) is 0 Å². The Bertz CT molecular complexity index is 1940. The Hall–Kier alpha value is -5.18. The van der Waals surface area contributed by atoms with Crippen molar-refractivity contribution >= 4 is 17.6 Å². The molecule has 9 nitrogen and oxygen atoms in total. The van der Waals surface area contributed by atoms with Gasteiger partial charge in [0.05, 0.1) is 29.3 Å². The average molecular weight is 920 g/mol. The first-order valence-corrected chi connectivity index (χ1v) is 26.2. The Morgan fingerprint density at radius 3 is 1.10 bits per heavy atom. The Morgan fingerprint density at radius 2 is 0.731 bits per heavy atom. The summed E-state index contributed by atoms with van der Waals surface area (Å²) in [5.41, 5.74) is 1.50. The molecule has 366 valence electrons. The highest BCUT2D eigenvalue weighted by atomic mass is 16.6. The summed E-state index contributed by atoms with van der Waals surface area (Å²) >= 11 is 0. The van der Waals surface area contributed by atoms with Gasteiger partial charge in [-0.2, -0.15) is 0 Å². The van der Waals surface area contributed by atoms with E-state index in [2.05, 4.69) is 13.8 Å². The van der Waals surface area contributed by atoms with E-state index in [-0.39, 0.29) is 17.0 Å². The van der Waals surface area contributed by atoms with Crippen LogP contribution in [0.4, 0.5) is 5.69 Å². The van der Waals surface area contributed by atoms with Gasteiger partial charge in [0, 0.05) is 6.07 Å². The Labute approximate surface area is 402 Å². The van der Waals surface area contributed by atoms with Gasteiger partial charge in [-0.1, -0.05) is 199 Å². The summed E-state index contributed by atoms with van der Waals surface area (Å²) in [5.74, 6) is 0.340. The Morgan fingerprint density at radius 1 is 0.403 bits per heavy atom. The largest absolute Gasteiger partial charge is 0.494 e. The molecule has 9 heteroatoms. The zero-order valence-corrected chi connectivity index (χ0v) is 41.1. The highest BCUT2D eigenvalue weighted by molar-refractivity contribution is 5.92. The number of ether oxygens (including phenoxy) is 4. The van der Waals surface area contributed by atoms with Crippen molar-refractivity contribution in [1.29, 1.82) is 0 Å². The Kier molecular flexibility index (Phi) is 27.7. The number of rotatable bonds is 38. The van der Waals surface area contributed by atoms with Gasteiger partial charge in [-0.3, -0.25) is 10.1 Å². The summed E-state index contributed by atoms with van der Waals surface area (Å²) in [6.07, 6.45) is 36.6. The fourth-order valence-electron chi connectivity index (χ4n) is 8.31. The second kappa shape index (κ2) is 34.2. The molecule has 4 rings (SSSR count). The standard InChI is InChI=1S/C58H81NO8/c1-3-5-7-9-11-13-15-17-19-21-23-25-27-29-45-64-52-38-33-49(34-39-52)57(60)66-54-42-31-48(32-43-54)51-37-44-56(55(47-51)59(62)63)67-58(61)50-35-40-53(41-36-50)65-46-30-28-26-24-22-20-18-16-14-12-10-8-6-4-2/h31-44,47H,3-30,45-46H2,1-2H3. The first-order chi connectivity index (χ1) is 32.9. The molecule has 4 aromatic rings. The molecule has 0 unspecified atom stereocenters. The SMILES string of the molecule is CCCCCCCCCCCCCCCCOc1ccc(C(=O)Oc2ccc(-c3ccc(OC(=O)c4ccc(OCCCCCCCCCCCCCCCC)cc4)c([N+](=O)[O-])c3)cc2)cc1. The van der Waals surface area contributed by atoms with E-state index in [1.165, 1.54) is 166 Å². The van der Waals surface area contributed by atoms with E-state index in [9.17, 15) is 19.7 Å². The maximum absolute atomic E-state index is 13.0. The molecule has 0 aromatic heterocycles. The predicted octanol–water partition coefficient (Wildman–Crippen LogP) is 17.4. The third-order valence-corrected chi connectivity index (χ3v) is 12.5. The van der Waals surface area contributed by atoms with Crippen LogP contribution in [-0.4, -0.2) is 30.1 Å². The van der Waals surface area contributed by atoms with Crippen LogP contribution >= 0.6 is 0 Å². The summed E-state index contributed by atoms with van der Waals surface area (Å²) < 4.78 is 22.9. The second-order valence-electron chi connectivity index (χ2n) is 18.2. The summed E-state index contributed by atoms with van der Waals surface area (Å²) in [4.78, 5) is 37.4. The monoisotopic (exact) mass is 920 g/mol. The van der Waals surface area contributed by atoms with Gasteiger partial charge in [-0.25, -0.2) is 9.59 Å². The van der Waals surface area contributed by atoms with Crippen LogP contribution in [0.1, 0.15) is 214 Å². The number of benzene rings is 4. The molecule has 0 saturated heterocycles. The first kappa shape index (κ1) is 54.4. The molecule has 0 bridgehead atoms. The molecule has 67 heavy (non-hydrogen) atoms. The van der Waals surface area contributed by atoms with Crippen LogP contribution in [0.5, 0.6) is 23.0 Å². The number of nitro benzene ring substituents is 1. The van der Waals surface area contributed by atoms with E-state index < -0.39 is 16.9 Å². The van der Waals surface area contributed by atoms with Gasteiger partial charge < -0.3 is 18.9 Å². The number of unbranched alkanes of at least 4 members (excludes halogenated alkanes) is 26. The van der Waals surface area contributed by atoms with Crippen molar-refractivity contribution in [3.05, 3.63) is 112 Å². The molecule has 0 aliphatic carbocycles. The van der Waals surface area contributed by atoms with Crippen LogP contribution in [-0.2, 0) is 0 Å². The van der Waals surface area contributed by atoms with Crippen molar-refractivity contribution < 1.29 is 33.5 Å². The van der Waals surface area contributed by atoms with Crippen molar-refractivity contribution in [2.75, 3.05) is 13.2 Å². The molecule has 0 radical (unpaired) electrons. The van der Waals surface area contributed by atoms with Crippen molar-refractivity contribution in [2.45, 2.75) is 194 Å². The summed E-state index contributed by atoms with van der Waals surface area (Å²) in [5, 5.41) is 12.1. The zero-order chi connectivity index (χ0) is 47.6. The zero-order valence-electron chi connectivity index (χ0n) is 41.1. The van der Waals surface area contributed by atoms with Crippen molar-refractivity contribution in [3.8, 4) is 34.1 Å². The molecule has 0 saturated carbocycles. The van der Waals surface area contributed by atoms with Crippen LogP contribution in [0.2, 0.25) is 0 Å². The van der Waals surface area contributed by atoms with Crippen molar-refractivity contribution in [1.82, 2.24) is 0 Å². The lowest BCUT2D eigenvalue weighted by Crippen LogP contribution is -2.10. The van der Waals surface area contributed by atoms with Gasteiger partial charge in [0.2, 0.25) is 5.75 Å². The number of carbonyl (C=O) groups is 2. The minimum Gasteiger partial charge on any atom is -0.494 e. The van der Waals surface area contributed by atoms with Gasteiger partial charge in [0.25, 0.3) is 0 Å². The number of hydrogen-bond acceptors (Lipinski definition) is 8. The van der Waals surface area contributed by atoms with Gasteiger partial charge in [-0.05, 0) is 90.7 Å². The highest BCUT2D eigenvalue weighted by Crippen LogP contribution is 2.34. The van der Waals surface area contributed by atoms with E-state index in [1.54, 1.807) is 78.9 Å². The van der Waals surface area contributed by atoms with Crippen molar-refractivity contribution in [2.24, 2.45) is 0 Å². The lowest BCUT2D eigenvalue weighted by Gasteiger charge is -2.10. The van der Waals surface area contributed by atoms with Gasteiger partial charge >= 0.3 is 17.6 Å². The van der Waals surface area contributed by atoms with Crippen LogP contribution in [0.3, 0.4) is 0 Å². The second-order valence-corrected chi connectivity index (χ2v) is 18.2. The molecule has 0 atom stereocenters. The molecular weight excluding hydrogens is 839 g/mol. The van der Waals surface area contributed by atoms with Gasteiger partial charge in [-0.15, -0.1) is 0 Å². The number of nitro groups is 1. The van der Waals surface area contributed by atoms with Crippen LogP contribution in [0.15, 0.2) is 91.0 Å². The summed E-state index contributed by atoms with van der Waals surface area (Å²) in [7, 11) is 0. The number of carbonyl (C=O) groups excluding carboxylic acids is 2. The van der Waals surface area contributed by atoms with E-state index in [1.807, 2.05) is 0 Å². The lowest BCUT2D eigenvalue weighted by molar-refractivity contribution is -0.385. The van der Waals surface area contributed by atoms with Gasteiger partial charge in [0.15, 0.2) is 0 Å². The summed E-state index contributed by atoms with van der Waals surface area (Å²) in [6.45, 7) is 5.79. The minimum atomic E-state index is -0.706. The first-order valence-electron chi connectivity index (χ1n) is 26.2. The number of nitrogens with zero attached hydrogens (tertiary/aromatic N) is 1. The quantitative estimate of drug-likeness (QED) is 0.0144. The van der Waals surface area contributed by atoms with E-state index in [0.29, 0.717) is 41.4 Å².